The predicted octanol–water partition coefficient (Wildman–Crippen LogP) is 1.93. The Labute approximate surface area is 167 Å². The number of anilines is 1. The van der Waals surface area contributed by atoms with Gasteiger partial charge in [0.05, 0.1) is 6.42 Å². The normalized spacial score (nSPS) is 22.4. The van der Waals surface area contributed by atoms with Crippen LogP contribution in [0.3, 0.4) is 0 Å². The second-order valence-electron chi connectivity index (χ2n) is 7.43. The summed E-state index contributed by atoms with van der Waals surface area (Å²) in [6.45, 7) is 0. The number of carbonyl (C=O) groups excluding carboxylic acids is 2. The maximum Gasteiger partial charge on any atom is 0.309 e. The average Bonchev–Trinajstić information content (AvgIpc) is 3.41. The average molecular weight is 389 g/mol. The monoisotopic (exact) mass is 389 g/mol. The first-order valence-corrected chi connectivity index (χ1v) is 9.51. The summed E-state index contributed by atoms with van der Waals surface area (Å²) in [6.07, 6.45) is 2.95. The number of hydrogen-bond donors (Lipinski definition) is 1. The molecule has 3 atom stereocenters. The molecule has 3 heterocycles. The number of benzene rings is 1. The Morgan fingerprint density at radius 2 is 2.03 bits per heavy atom. The van der Waals surface area contributed by atoms with Crippen molar-refractivity contribution in [3.8, 4) is 0 Å². The minimum absolute atomic E-state index is 0.0473. The lowest BCUT2D eigenvalue weighted by Gasteiger charge is -2.22. The third kappa shape index (κ3) is 3.16. The van der Waals surface area contributed by atoms with Crippen LogP contribution in [0.25, 0.3) is 0 Å². The zero-order valence-electron chi connectivity index (χ0n) is 15.8. The van der Waals surface area contributed by atoms with Gasteiger partial charge in [0.15, 0.2) is 0 Å². The molecule has 0 radical (unpaired) electrons. The van der Waals surface area contributed by atoms with E-state index in [-0.39, 0.29) is 23.6 Å². The highest BCUT2D eigenvalue weighted by atomic mass is 16.4. The lowest BCUT2D eigenvalue weighted by Crippen LogP contribution is -2.48. The Hall–Kier alpha value is -3.55. The number of carbonyl (C=O) groups is 2. The SMILES string of the molecule is CN1C(=O)[C@H](NC(=O)c2nnc(Cc3ccccc3)o2)C2C[C@@H]2c2cccnc21. The summed E-state index contributed by atoms with van der Waals surface area (Å²) in [7, 11) is 1.68. The largest absolute Gasteiger partial charge is 0.417 e. The van der Waals surface area contributed by atoms with Crippen molar-refractivity contribution in [3.63, 3.8) is 0 Å². The van der Waals surface area contributed by atoms with E-state index >= 15 is 0 Å². The number of nitrogens with one attached hydrogen (secondary N) is 1. The van der Waals surface area contributed by atoms with Gasteiger partial charge in [-0.15, -0.1) is 10.2 Å². The molecule has 2 aliphatic rings. The molecule has 2 aromatic heterocycles. The van der Waals surface area contributed by atoms with Crippen molar-refractivity contribution in [1.82, 2.24) is 20.5 Å². The van der Waals surface area contributed by atoms with E-state index in [2.05, 4.69) is 20.5 Å². The first-order chi connectivity index (χ1) is 14.1. The molecule has 146 valence electrons. The minimum atomic E-state index is -0.642. The van der Waals surface area contributed by atoms with E-state index in [1.807, 2.05) is 42.5 Å². The van der Waals surface area contributed by atoms with Gasteiger partial charge in [0, 0.05) is 13.2 Å². The van der Waals surface area contributed by atoms with Crippen LogP contribution in [0.1, 0.15) is 40.0 Å². The molecular formula is C21H19N5O3. The van der Waals surface area contributed by atoms with Gasteiger partial charge in [-0.1, -0.05) is 36.4 Å². The Morgan fingerprint density at radius 1 is 1.21 bits per heavy atom. The van der Waals surface area contributed by atoms with Gasteiger partial charge in [0.1, 0.15) is 11.9 Å². The van der Waals surface area contributed by atoms with Crippen LogP contribution in [0.4, 0.5) is 5.82 Å². The van der Waals surface area contributed by atoms with Gasteiger partial charge >= 0.3 is 11.8 Å². The maximum atomic E-state index is 13.0. The van der Waals surface area contributed by atoms with E-state index in [9.17, 15) is 9.59 Å². The molecule has 1 aliphatic heterocycles. The van der Waals surface area contributed by atoms with Gasteiger partial charge in [0.2, 0.25) is 5.89 Å². The summed E-state index contributed by atoms with van der Waals surface area (Å²) in [5, 5.41) is 10.6. The number of hydrogen-bond acceptors (Lipinski definition) is 6. The lowest BCUT2D eigenvalue weighted by atomic mass is 10.1. The fourth-order valence-electron chi connectivity index (χ4n) is 3.97. The third-order valence-corrected chi connectivity index (χ3v) is 5.54. The molecule has 1 N–H and O–H groups in total. The lowest BCUT2D eigenvalue weighted by molar-refractivity contribution is -0.120. The molecule has 1 unspecified atom stereocenters. The molecule has 0 spiro atoms. The fourth-order valence-corrected chi connectivity index (χ4v) is 3.97. The molecule has 3 aromatic rings. The first kappa shape index (κ1) is 17.5. The van der Waals surface area contributed by atoms with E-state index in [0.717, 1.165) is 17.5 Å². The topological polar surface area (TPSA) is 101 Å². The van der Waals surface area contributed by atoms with Crippen LogP contribution in [-0.4, -0.2) is 40.1 Å². The van der Waals surface area contributed by atoms with Crippen LogP contribution in [0.5, 0.6) is 0 Å². The summed E-state index contributed by atoms with van der Waals surface area (Å²) in [5.74, 6) is 0.417. The highest BCUT2D eigenvalue weighted by molar-refractivity contribution is 6.02. The van der Waals surface area contributed by atoms with Crippen LogP contribution in [-0.2, 0) is 11.2 Å². The number of nitrogens with zero attached hydrogens (tertiary/aromatic N) is 4. The summed E-state index contributed by atoms with van der Waals surface area (Å²) >= 11 is 0. The van der Waals surface area contributed by atoms with E-state index in [1.165, 1.54) is 4.90 Å². The molecule has 1 aliphatic carbocycles. The number of fused-ring (bicyclic) bond motifs is 3. The fraction of sp³-hybridized carbons (Fsp3) is 0.286. The molecule has 1 fully saturated rings. The standard InChI is InChI=1S/C21H19N5O3/c1-26-18-13(8-5-9-22-18)14-11-15(14)17(21(26)28)23-19(27)20-25-24-16(29-20)10-12-6-3-2-4-7-12/h2-9,14-15,17H,10-11H2,1H3,(H,23,27)/t14-,15?,17-/m1/s1. The number of likely N-dealkylation sites (N-methyl/N-ethyl adjacent to an activating group) is 1. The van der Waals surface area contributed by atoms with E-state index in [1.54, 1.807) is 13.2 Å². The van der Waals surface area contributed by atoms with Crippen LogP contribution >= 0.6 is 0 Å². The molecule has 8 heteroatoms. The molecule has 0 saturated heterocycles. The molecule has 29 heavy (non-hydrogen) atoms. The molecule has 1 saturated carbocycles. The van der Waals surface area contributed by atoms with Crippen molar-refractivity contribution < 1.29 is 14.0 Å². The Bertz CT molecular complexity index is 1080. The van der Waals surface area contributed by atoms with Crippen molar-refractivity contribution in [1.29, 1.82) is 0 Å². The Morgan fingerprint density at radius 3 is 2.86 bits per heavy atom. The quantitative estimate of drug-likeness (QED) is 0.732. The summed E-state index contributed by atoms with van der Waals surface area (Å²) in [5.41, 5.74) is 2.06. The van der Waals surface area contributed by atoms with Crippen LogP contribution in [0.2, 0.25) is 0 Å². The number of rotatable bonds is 4. The highest BCUT2D eigenvalue weighted by Crippen LogP contribution is 2.53. The molecule has 1 aromatic carbocycles. The predicted molar refractivity (Wildman–Crippen MR) is 103 cm³/mol. The smallest absolute Gasteiger partial charge is 0.309 e. The van der Waals surface area contributed by atoms with Crippen molar-refractivity contribution in [3.05, 3.63) is 71.6 Å². The zero-order valence-corrected chi connectivity index (χ0v) is 15.8. The van der Waals surface area contributed by atoms with Crippen molar-refractivity contribution in [2.24, 2.45) is 5.92 Å². The minimum Gasteiger partial charge on any atom is -0.417 e. The Balaban J connectivity index is 1.32. The van der Waals surface area contributed by atoms with Gasteiger partial charge in [-0.05, 0) is 35.4 Å². The van der Waals surface area contributed by atoms with Crippen molar-refractivity contribution in [2.45, 2.75) is 24.8 Å². The van der Waals surface area contributed by atoms with Gasteiger partial charge in [-0.25, -0.2) is 4.98 Å². The van der Waals surface area contributed by atoms with Crippen LogP contribution < -0.4 is 10.2 Å². The van der Waals surface area contributed by atoms with E-state index in [0.29, 0.717) is 18.1 Å². The third-order valence-electron chi connectivity index (χ3n) is 5.54. The van der Waals surface area contributed by atoms with Crippen LogP contribution in [0.15, 0.2) is 53.1 Å². The van der Waals surface area contributed by atoms with Gasteiger partial charge in [-0.3, -0.25) is 14.5 Å². The van der Waals surface area contributed by atoms with E-state index in [4.69, 9.17) is 4.42 Å². The molecule has 5 rings (SSSR count). The summed E-state index contributed by atoms with van der Waals surface area (Å²) in [4.78, 5) is 31.5. The van der Waals surface area contributed by atoms with Crippen LogP contribution in [0, 0.1) is 5.92 Å². The van der Waals surface area contributed by atoms with Gasteiger partial charge < -0.3 is 9.73 Å². The molecule has 2 amide bonds. The maximum absolute atomic E-state index is 13.0. The zero-order chi connectivity index (χ0) is 20.0. The van der Waals surface area contributed by atoms with Gasteiger partial charge in [0.25, 0.3) is 5.91 Å². The number of pyridine rings is 1. The van der Waals surface area contributed by atoms with Gasteiger partial charge in [-0.2, -0.15) is 0 Å². The van der Waals surface area contributed by atoms with Crippen molar-refractivity contribution >= 4 is 17.6 Å². The summed E-state index contributed by atoms with van der Waals surface area (Å²) < 4.78 is 5.52. The first-order valence-electron chi connectivity index (χ1n) is 9.51. The molecular weight excluding hydrogens is 370 g/mol. The second-order valence-corrected chi connectivity index (χ2v) is 7.43. The summed E-state index contributed by atoms with van der Waals surface area (Å²) in [6, 6.07) is 12.9. The number of aromatic nitrogens is 3. The Kier molecular flexibility index (Phi) is 4.12. The molecule has 8 nitrogen and oxygen atoms in total. The van der Waals surface area contributed by atoms with E-state index < -0.39 is 11.9 Å². The molecule has 0 bridgehead atoms. The number of amides is 2. The second kappa shape index (κ2) is 6.80. The van der Waals surface area contributed by atoms with Crippen molar-refractivity contribution in [2.75, 3.05) is 11.9 Å². The highest BCUT2D eigenvalue weighted by Gasteiger charge is 2.52.